The minimum Gasteiger partial charge on any atom is -0.380 e. The Kier molecular flexibility index (Phi) is 4.64. The van der Waals surface area contributed by atoms with Crippen molar-refractivity contribution in [3.63, 3.8) is 0 Å². The fourth-order valence-corrected chi connectivity index (χ4v) is 6.67. The Balaban J connectivity index is 1.09. The lowest BCUT2D eigenvalue weighted by molar-refractivity contribution is -0.165. The van der Waals surface area contributed by atoms with Gasteiger partial charge >= 0.3 is 0 Å². The summed E-state index contributed by atoms with van der Waals surface area (Å²) in [5.41, 5.74) is 8.78. The number of fused-ring (bicyclic) bond motifs is 1. The molecule has 0 bridgehead atoms. The Morgan fingerprint density at radius 1 is 0.941 bits per heavy atom. The van der Waals surface area contributed by atoms with Gasteiger partial charge in [-0.3, -0.25) is 0 Å². The molecule has 1 spiro atoms. The second-order valence-corrected chi connectivity index (χ2v) is 11.3. The smallest absolute Gasteiger partial charge is 0.131 e. The van der Waals surface area contributed by atoms with Crippen molar-refractivity contribution in [2.75, 3.05) is 24.7 Å². The topological polar surface area (TPSA) is 38.2 Å². The highest BCUT2D eigenvalue weighted by Crippen LogP contribution is 2.54. The lowest BCUT2D eigenvalue weighted by atomic mass is 9.60. The molecule has 2 saturated carbocycles. The number of hydrogen-bond donors (Lipinski definition) is 0. The van der Waals surface area contributed by atoms with E-state index < -0.39 is 0 Å². The first kappa shape index (κ1) is 20.6. The highest BCUT2D eigenvalue weighted by Gasteiger charge is 2.51. The Morgan fingerprint density at radius 2 is 1.65 bits per heavy atom. The van der Waals surface area contributed by atoms with E-state index in [1.165, 1.54) is 65.7 Å². The summed E-state index contributed by atoms with van der Waals surface area (Å²) in [5.74, 6) is 1.57. The summed E-state index contributed by atoms with van der Waals surface area (Å²) in [6.45, 7) is 5.95. The highest BCUT2D eigenvalue weighted by atomic mass is 16.5. The summed E-state index contributed by atoms with van der Waals surface area (Å²) in [6.07, 6.45) is 9.33. The SMILES string of the molecule is Cc1ccc(C2(c3ccc(N4CCc5cnc(C6CC7(COC7)C6)nc5C4)cc3)CCC2)cc1. The summed E-state index contributed by atoms with van der Waals surface area (Å²) in [7, 11) is 0. The van der Waals surface area contributed by atoms with Crippen LogP contribution in [0.1, 0.15) is 71.8 Å². The summed E-state index contributed by atoms with van der Waals surface area (Å²) in [4.78, 5) is 12.3. The number of rotatable bonds is 4. The van der Waals surface area contributed by atoms with Crippen LogP contribution in [0.15, 0.2) is 54.7 Å². The molecule has 0 atom stereocenters. The molecule has 1 aromatic heterocycles. The van der Waals surface area contributed by atoms with Gasteiger partial charge in [-0.05, 0) is 67.9 Å². The number of anilines is 1. The van der Waals surface area contributed by atoms with Crippen LogP contribution in [0, 0.1) is 12.3 Å². The van der Waals surface area contributed by atoms with Crippen LogP contribution in [0.25, 0.3) is 0 Å². The summed E-state index contributed by atoms with van der Waals surface area (Å²) < 4.78 is 5.44. The van der Waals surface area contributed by atoms with Gasteiger partial charge in [-0.15, -0.1) is 0 Å². The highest BCUT2D eigenvalue weighted by molar-refractivity contribution is 5.53. The van der Waals surface area contributed by atoms with E-state index in [1.54, 1.807) is 0 Å². The number of hydrogen-bond acceptors (Lipinski definition) is 4. The molecule has 0 unspecified atom stereocenters. The predicted octanol–water partition coefficient (Wildman–Crippen LogP) is 5.71. The molecule has 2 aliphatic carbocycles. The van der Waals surface area contributed by atoms with Crippen molar-refractivity contribution < 1.29 is 4.74 Å². The lowest BCUT2D eigenvalue weighted by Gasteiger charge is -2.52. The van der Waals surface area contributed by atoms with E-state index in [4.69, 9.17) is 14.7 Å². The number of aromatic nitrogens is 2. The molecule has 174 valence electrons. The molecular weight excluding hydrogens is 418 g/mol. The normalized spacial score (nSPS) is 22.4. The fourth-order valence-electron chi connectivity index (χ4n) is 6.67. The van der Waals surface area contributed by atoms with Crippen LogP contribution in [-0.2, 0) is 23.1 Å². The minimum absolute atomic E-state index is 0.203. The van der Waals surface area contributed by atoms with Gasteiger partial charge in [0.1, 0.15) is 5.82 Å². The van der Waals surface area contributed by atoms with Gasteiger partial charge in [0.05, 0.1) is 25.5 Å². The van der Waals surface area contributed by atoms with Crippen LogP contribution in [-0.4, -0.2) is 29.7 Å². The summed E-state index contributed by atoms with van der Waals surface area (Å²) >= 11 is 0. The summed E-state index contributed by atoms with van der Waals surface area (Å²) in [5, 5.41) is 0. The summed E-state index contributed by atoms with van der Waals surface area (Å²) in [6, 6.07) is 18.6. The van der Waals surface area contributed by atoms with E-state index in [-0.39, 0.29) is 5.41 Å². The van der Waals surface area contributed by atoms with E-state index in [0.29, 0.717) is 11.3 Å². The second-order valence-electron chi connectivity index (χ2n) is 11.3. The van der Waals surface area contributed by atoms with Crippen LogP contribution >= 0.6 is 0 Å². The quantitative estimate of drug-likeness (QED) is 0.509. The van der Waals surface area contributed by atoms with Gasteiger partial charge < -0.3 is 9.64 Å². The van der Waals surface area contributed by atoms with Crippen LogP contribution in [0.4, 0.5) is 5.69 Å². The molecule has 3 aromatic rings. The molecule has 3 heterocycles. The minimum atomic E-state index is 0.203. The maximum absolute atomic E-state index is 5.44. The Hall–Kier alpha value is -2.72. The molecule has 1 saturated heterocycles. The first-order chi connectivity index (χ1) is 16.6. The lowest BCUT2D eigenvalue weighted by Crippen LogP contribution is -2.51. The third-order valence-corrected chi connectivity index (χ3v) is 9.10. The third-order valence-electron chi connectivity index (χ3n) is 9.10. The van der Waals surface area contributed by atoms with Crippen molar-refractivity contribution in [3.05, 3.63) is 88.5 Å². The zero-order chi connectivity index (χ0) is 22.8. The molecule has 4 aliphatic rings. The van der Waals surface area contributed by atoms with E-state index in [9.17, 15) is 0 Å². The predicted molar refractivity (Wildman–Crippen MR) is 134 cm³/mol. The average molecular weight is 452 g/mol. The van der Waals surface area contributed by atoms with Crippen LogP contribution in [0.2, 0.25) is 0 Å². The molecule has 4 heteroatoms. The number of nitrogens with zero attached hydrogens (tertiary/aromatic N) is 3. The standard InChI is InChI=1S/C30H33N3O/c1-21-3-5-24(6-4-21)30(12-2-13-30)25-7-9-26(10-8-25)33-14-11-22-17-31-28(32-27(22)18-33)23-15-29(16-23)19-34-20-29/h3-10,17,23H,2,11-16,18-20H2,1H3. The maximum atomic E-state index is 5.44. The molecule has 2 aromatic carbocycles. The molecule has 34 heavy (non-hydrogen) atoms. The molecule has 3 fully saturated rings. The van der Waals surface area contributed by atoms with Crippen LogP contribution in [0.3, 0.4) is 0 Å². The molecule has 0 radical (unpaired) electrons. The Bertz CT molecular complexity index is 1200. The van der Waals surface area contributed by atoms with Crippen molar-refractivity contribution in [1.82, 2.24) is 9.97 Å². The molecule has 4 nitrogen and oxygen atoms in total. The Morgan fingerprint density at radius 3 is 2.26 bits per heavy atom. The number of benzene rings is 2. The largest absolute Gasteiger partial charge is 0.380 e. The molecule has 0 N–H and O–H groups in total. The van der Waals surface area contributed by atoms with E-state index in [1.807, 2.05) is 0 Å². The zero-order valence-corrected chi connectivity index (χ0v) is 20.1. The van der Waals surface area contributed by atoms with Gasteiger partial charge in [0.2, 0.25) is 0 Å². The first-order valence-corrected chi connectivity index (χ1v) is 13.0. The van der Waals surface area contributed by atoms with Gasteiger partial charge in [-0.2, -0.15) is 0 Å². The first-order valence-electron chi connectivity index (χ1n) is 13.0. The zero-order valence-electron chi connectivity index (χ0n) is 20.1. The Labute approximate surface area is 202 Å². The van der Waals surface area contributed by atoms with Crippen molar-refractivity contribution in [1.29, 1.82) is 0 Å². The van der Waals surface area contributed by atoms with E-state index in [0.717, 1.165) is 38.5 Å². The average Bonchev–Trinajstić information content (AvgIpc) is 2.78. The van der Waals surface area contributed by atoms with E-state index in [2.05, 4.69) is 66.6 Å². The van der Waals surface area contributed by atoms with Crippen molar-refractivity contribution >= 4 is 5.69 Å². The van der Waals surface area contributed by atoms with Crippen molar-refractivity contribution in [3.8, 4) is 0 Å². The monoisotopic (exact) mass is 451 g/mol. The van der Waals surface area contributed by atoms with Gasteiger partial charge in [0.15, 0.2) is 0 Å². The fraction of sp³-hybridized carbons (Fsp3) is 0.467. The van der Waals surface area contributed by atoms with Gasteiger partial charge in [0, 0.05) is 35.2 Å². The molecule has 7 rings (SSSR count). The van der Waals surface area contributed by atoms with Gasteiger partial charge in [-0.25, -0.2) is 9.97 Å². The van der Waals surface area contributed by atoms with E-state index >= 15 is 0 Å². The number of aryl methyl sites for hydroxylation is 1. The molecule has 0 amide bonds. The van der Waals surface area contributed by atoms with Crippen molar-refractivity contribution in [2.24, 2.45) is 5.41 Å². The van der Waals surface area contributed by atoms with Gasteiger partial charge in [-0.1, -0.05) is 48.4 Å². The third kappa shape index (κ3) is 3.22. The molecular formula is C30H33N3O. The van der Waals surface area contributed by atoms with Gasteiger partial charge in [0.25, 0.3) is 0 Å². The number of ether oxygens (including phenoxy) is 1. The molecule has 2 aliphatic heterocycles. The van der Waals surface area contributed by atoms with Crippen molar-refractivity contribution in [2.45, 2.75) is 63.3 Å². The maximum Gasteiger partial charge on any atom is 0.131 e. The van der Waals surface area contributed by atoms with Crippen LogP contribution in [0.5, 0.6) is 0 Å². The second kappa shape index (κ2) is 7.64. The van der Waals surface area contributed by atoms with Crippen LogP contribution < -0.4 is 4.90 Å².